The maximum Gasteiger partial charge on any atom is 0.250 e. The molecule has 3 rings (SSSR count). The highest BCUT2D eigenvalue weighted by molar-refractivity contribution is 5.75. The van der Waals surface area contributed by atoms with Gasteiger partial charge in [-0.1, -0.05) is 18.2 Å². The number of carbonyl (C=O) groups is 1. The molecule has 0 fully saturated rings. The Kier molecular flexibility index (Phi) is 3.96. The fourth-order valence-electron chi connectivity index (χ4n) is 2.59. The van der Waals surface area contributed by atoms with Crippen LogP contribution in [0.25, 0.3) is 0 Å². The zero-order valence-electron chi connectivity index (χ0n) is 12.4. The van der Waals surface area contributed by atoms with E-state index in [4.69, 9.17) is 4.74 Å². The summed E-state index contributed by atoms with van der Waals surface area (Å²) in [6.07, 6.45) is 2.72. The van der Waals surface area contributed by atoms with Gasteiger partial charge in [-0.25, -0.2) is 0 Å². The largest absolute Gasteiger partial charge is 0.490 e. The molecule has 1 atom stereocenters. The van der Waals surface area contributed by atoms with Gasteiger partial charge in [0.15, 0.2) is 0 Å². The zero-order valence-corrected chi connectivity index (χ0v) is 12.4. The maximum absolute atomic E-state index is 11.9. The summed E-state index contributed by atoms with van der Waals surface area (Å²) >= 11 is 0. The summed E-state index contributed by atoms with van der Waals surface area (Å²) in [7, 11) is 0. The first-order valence-corrected chi connectivity index (χ1v) is 7.32. The van der Waals surface area contributed by atoms with Crippen LogP contribution in [0.15, 0.2) is 47.4 Å². The van der Waals surface area contributed by atoms with Gasteiger partial charge >= 0.3 is 0 Å². The van der Waals surface area contributed by atoms with Gasteiger partial charge in [0.25, 0.3) is 5.56 Å². The summed E-state index contributed by atoms with van der Waals surface area (Å²) in [4.78, 5) is 23.5. The average Bonchev–Trinajstić information content (AvgIpc) is 2.87. The van der Waals surface area contributed by atoms with Crippen LogP contribution in [-0.2, 0) is 24.3 Å². The van der Waals surface area contributed by atoms with Gasteiger partial charge in [-0.3, -0.25) is 9.59 Å². The van der Waals surface area contributed by atoms with Gasteiger partial charge in [-0.15, -0.1) is 0 Å². The normalized spacial score (nSPS) is 16.0. The van der Waals surface area contributed by atoms with Gasteiger partial charge in [-0.2, -0.15) is 0 Å². The third-order valence-electron chi connectivity index (χ3n) is 3.66. The molecule has 0 bridgehead atoms. The predicted molar refractivity (Wildman–Crippen MR) is 82.8 cm³/mol. The minimum atomic E-state index is -0.182. The number of ether oxygens (including phenoxy) is 1. The first-order valence-electron chi connectivity index (χ1n) is 7.32. The fourth-order valence-corrected chi connectivity index (χ4v) is 2.59. The molecule has 0 spiro atoms. The lowest BCUT2D eigenvalue weighted by atomic mass is 10.1. The number of nitrogens with one attached hydrogen (secondary N) is 1. The average molecular weight is 298 g/mol. The number of rotatable bonds is 4. The number of amides is 1. The van der Waals surface area contributed by atoms with Gasteiger partial charge in [0.1, 0.15) is 18.4 Å². The van der Waals surface area contributed by atoms with E-state index in [1.165, 1.54) is 16.2 Å². The van der Waals surface area contributed by atoms with E-state index < -0.39 is 0 Å². The Balaban J connectivity index is 1.59. The molecule has 1 aliphatic rings. The van der Waals surface area contributed by atoms with Gasteiger partial charge in [-0.05, 0) is 30.2 Å². The molecule has 114 valence electrons. The highest BCUT2D eigenvalue weighted by atomic mass is 16.5. The van der Waals surface area contributed by atoms with E-state index in [1.54, 1.807) is 18.3 Å². The quantitative estimate of drug-likeness (QED) is 0.930. The number of aromatic nitrogens is 1. The van der Waals surface area contributed by atoms with Gasteiger partial charge in [0.05, 0.1) is 0 Å². The van der Waals surface area contributed by atoms with E-state index in [2.05, 4.69) is 11.4 Å². The molecule has 2 heterocycles. The van der Waals surface area contributed by atoms with Crippen LogP contribution in [0.3, 0.4) is 0 Å². The van der Waals surface area contributed by atoms with Crippen molar-refractivity contribution in [2.45, 2.75) is 32.5 Å². The van der Waals surface area contributed by atoms with E-state index in [1.807, 2.05) is 19.1 Å². The van der Waals surface area contributed by atoms with Gasteiger partial charge in [0.2, 0.25) is 5.91 Å². The molecule has 1 aliphatic heterocycles. The minimum absolute atomic E-state index is 0.0325. The fraction of sp³-hybridized carbons (Fsp3) is 0.294. The van der Waals surface area contributed by atoms with Crippen molar-refractivity contribution in [1.82, 2.24) is 9.88 Å². The number of hydrogen-bond donors (Lipinski definition) is 1. The third-order valence-corrected chi connectivity index (χ3v) is 3.66. The van der Waals surface area contributed by atoms with E-state index in [9.17, 15) is 9.59 Å². The Morgan fingerprint density at radius 3 is 3.05 bits per heavy atom. The molecular formula is C17H18N2O3. The SMILES string of the molecule is CC1Cc2cc(CNC(=O)Cn3ccccc3=O)ccc2O1. The second-order valence-electron chi connectivity index (χ2n) is 5.52. The minimum Gasteiger partial charge on any atom is -0.490 e. The molecule has 2 aromatic rings. The first-order chi connectivity index (χ1) is 10.6. The van der Waals surface area contributed by atoms with Crippen molar-refractivity contribution >= 4 is 5.91 Å². The summed E-state index contributed by atoms with van der Waals surface area (Å²) in [5.41, 5.74) is 2.03. The Hall–Kier alpha value is -2.56. The molecule has 0 radical (unpaired) electrons. The van der Waals surface area contributed by atoms with Crippen LogP contribution in [0.1, 0.15) is 18.1 Å². The molecule has 1 aromatic carbocycles. The highest BCUT2D eigenvalue weighted by Crippen LogP contribution is 2.29. The van der Waals surface area contributed by atoms with Crippen molar-refractivity contribution in [2.24, 2.45) is 0 Å². The molecular weight excluding hydrogens is 280 g/mol. The standard InChI is InChI=1S/C17H18N2O3/c1-12-8-14-9-13(5-6-15(14)22-12)10-18-16(20)11-19-7-3-2-4-17(19)21/h2-7,9,12H,8,10-11H2,1H3,(H,18,20). The Bertz CT molecular complexity index is 752. The molecule has 1 N–H and O–H groups in total. The number of carbonyl (C=O) groups excluding carboxylic acids is 1. The van der Waals surface area contributed by atoms with Crippen LogP contribution < -0.4 is 15.6 Å². The van der Waals surface area contributed by atoms with Crippen LogP contribution in [0, 0.1) is 0 Å². The van der Waals surface area contributed by atoms with Crippen molar-refractivity contribution in [3.63, 3.8) is 0 Å². The third kappa shape index (κ3) is 3.19. The number of hydrogen-bond acceptors (Lipinski definition) is 3. The zero-order chi connectivity index (χ0) is 15.5. The Morgan fingerprint density at radius 2 is 2.23 bits per heavy atom. The number of benzene rings is 1. The van der Waals surface area contributed by atoms with Crippen molar-refractivity contribution in [3.8, 4) is 5.75 Å². The van der Waals surface area contributed by atoms with Crippen molar-refractivity contribution in [2.75, 3.05) is 0 Å². The Labute approximate surface area is 128 Å². The number of nitrogens with zero attached hydrogens (tertiary/aromatic N) is 1. The first kappa shape index (κ1) is 14.4. The van der Waals surface area contributed by atoms with Crippen LogP contribution in [0.2, 0.25) is 0 Å². The topological polar surface area (TPSA) is 60.3 Å². The van der Waals surface area contributed by atoms with Crippen molar-refractivity contribution < 1.29 is 9.53 Å². The molecule has 1 aromatic heterocycles. The van der Waals surface area contributed by atoms with E-state index in [-0.39, 0.29) is 24.1 Å². The summed E-state index contributed by atoms with van der Waals surface area (Å²) < 4.78 is 7.04. The Morgan fingerprint density at radius 1 is 1.36 bits per heavy atom. The lowest BCUT2D eigenvalue weighted by molar-refractivity contribution is -0.121. The molecule has 1 unspecified atom stereocenters. The number of pyridine rings is 1. The molecule has 5 nitrogen and oxygen atoms in total. The maximum atomic E-state index is 11.9. The van der Waals surface area contributed by atoms with Crippen LogP contribution >= 0.6 is 0 Å². The summed E-state index contributed by atoms with van der Waals surface area (Å²) in [6.45, 7) is 2.52. The second-order valence-corrected chi connectivity index (χ2v) is 5.52. The summed E-state index contributed by atoms with van der Waals surface area (Å²) in [5, 5.41) is 2.84. The molecule has 1 amide bonds. The van der Waals surface area contributed by atoms with Crippen molar-refractivity contribution in [1.29, 1.82) is 0 Å². The lowest BCUT2D eigenvalue weighted by Gasteiger charge is -2.08. The van der Waals surface area contributed by atoms with E-state index >= 15 is 0 Å². The van der Waals surface area contributed by atoms with Crippen LogP contribution in [0.4, 0.5) is 0 Å². The van der Waals surface area contributed by atoms with E-state index in [0.717, 1.165) is 17.7 Å². The lowest BCUT2D eigenvalue weighted by Crippen LogP contribution is -2.31. The highest BCUT2D eigenvalue weighted by Gasteiger charge is 2.18. The molecule has 5 heteroatoms. The predicted octanol–water partition coefficient (Wildman–Crippen LogP) is 1.49. The summed E-state index contributed by atoms with van der Waals surface area (Å²) in [5.74, 6) is 0.747. The monoisotopic (exact) mass is 298 g/mol. The van der Waals surface area contributed by atoms with E-state index in [0.29, 0.717) is 6.54 Å². The van der Waals surface area contributed by atoms with Gasteiger partial charge in [0, 0.05) is 25.2 Å². The second kappa shape index (κ2) is 6.05. The number of fused-ring (bicyclic) bond motifs is 1. The van der Waals surface area contributed by atoms with Gasteiger partial charge < -0.3 is 14.6 Å². The van der Waals surface area contributed by atoms with Crippen molar-refractivity contribution in [3.05, 3.63) is 64.1 Å². The smallest absolute Gasteiger partial charge is 0.250 e. The molecule has 0 saturated carbocycles. The molecule has 0 aliphatic carbocycles. The molecule has 0 saturated heterocycles. The summed E-state index contributed by atoms with van der Waals surface area (Å²) in [6, 6.07) is 10.8. The molecule has 22 heavy (non-hydrogen) atoms. The van der Waals surface area contributed by atoms with Crippen LogP contribution in [0.5, 0.6) is 5.75 Å². The van der Waals surface area contributed by atoms with Crippen LogP contribution in [-0.4, -0.2) is 16.6 Å².